The van der Waals surface area contributed by atoms with Crippen LogP contribution < -0.4 is 5.73 Å². The van der Waals surface area contributed by atoms with Crippen LogP contribution in [0.4, 0.5) is 0 Å². The molecule has 82 valence electrons. The molecular weight excluding hydrogens is 194 g/mol. The van der Waals surface area contributed by atoms with Gasteiger partial charge in [-0.05, 0) is 29.5 Å². The molecule has 0 spiro atoms. The summed E-state index contributed by atoms with van der Waals surface area (Å²) < 4.78 is 0. The molecule has 1 aliphatic rings. The molecule has 0 heterocycles. The molecule has 0 bridgehead atoms. The lowest BCUT2D eigenvalue weighted by Crippen LogP contribution is -2.06. The molecule has 0 unspecified atom stereocenters. The molecule has 1 aliphatic carbocycles. The molecule has 0 radical (unpaired) electrons. The Morgan fingerprint density at radius 1 is 0.750 bits per heavy atom. The van der Waals surface area contributed by atoms with E-state index in [4.69, 9.17) is 5.73 Å². The van der Waals surface area contributed by atoms with E-state index in [1.165, 1.54) is 18.4 Å². The molecule has 1 nitrogen and oxygen atoms in total. The van der Waals surface area contributed by atoms with Crippen molar-refractivity contribution in [3.8, 4) is 0 Å². The van der Waals surface area contributed by atoms with Gasteiger partial charge in [-0.1, -0.05) is 54.6 Å². The van der Waals surface area contributed by atoms with Crippen molar-refractivity contribution in [2.24, 2.45) is 5.73 Å². The van der Waals surface area contributed by atoms with Crippen molar-refractivity contribution in [3.05, 3.63) is 71.3 Å². The van der Waals surface area contributed by atoms with Crippen LogP contribution in [0.15, 0.2) is 54.6 Å². The fourth-order valence-corrected chi connectivity index (χ4v) is 1.75. The molecule has 0 aromatic heterocycles. The second-order valence-electron chi connectivity index (χ2n) is 3.96. The standard InChI is InChI=1S/C8H8.C7H9N/c1-2-4-8-6-5-7(8)3-1;8-6-7-4-2-1-3-5-7/h1-4H,5-6H2;1-5H,6,8H2. The summed E-state index contributed by atoms with van der Waals surface area (Å²) in [5, 5.41) is 0. The van der Waals surface area contributed by atoms with Gasteiger partial charge in [-0.3, -0.25) is 0 Å². The largest absolute Gasteiger partial charge is 0.326 e. The van der Waals surface area contributed by atoms with E-state index in [0.29, 0.717) is 6.54 Å². The number of rotatable bonds is 1. The van der Waals surface area contributed by atoms with Crippen molar-refractivity contribution in [1.29, 1.82) is 0 Å². The lowest BCUT2D eigenvalue weighted by Gasteiger charge is -2.16. The summed E-state index contributed by atoms with van der Waals surface area (Å²) in [6.45, 7) is 0.640. The van der Waals surface area contributed by atoms with Gasteiger partial charge in [-0.25, -0.2) is 0 Å². The van der Waals surface area contributed by atoms with Crippen LogP contribution in [0.3, 0.4) is 0 Å². The van der Waals surface area contributed by atoms with Crippen LogP contribution in [0.1, 0.15) is 16.7 Å². The van der Waals surface area contributed by atoms with Gasteiger partial charge in [0, 0.05) is 6.54 Å². The van der Waals surface area contributed by atoms with Gasteiger partial charge < -0.3 is 5.73 Å². The Bertz CT molecular complexity index is 411. The highest BCUT2D eigenvalue weighted by molar-refractivity contribution is 5.34. The maximum Gasteiger partial charge on any atom is 0.0178 e. The van der Waals surface area contributed by atoms with E-state index in [9.17, 15) is 0 Å². The van der Waals surface area contributed by atoms with Gasteiger partial charge in [0.15, 0.2) is 0 Å². The van der Waals surface area contributed by atoms with Crippen LogP contribution in [0.5, 0.6) is 0 Å². The molecular formula is C15H17N. The van der Waals surface area contributed by atoms with Crippen molar-refractivity contribution in [1.82, 2.24) is 0 Å². The number of fused-ring (bicyclic) bond motifs is 1. The van der Waals surface area contributed by atoms with Gasteiger partial charge in [-0.15, -0.1) is 0 Å². The molecule has 16 heavy (non-hydrogen) atoms. The van der Waals surface area contributed by atoms with Gasteiger partial charge in [0.1, 0.15) is 0 Å². The molecule has 0 saturated heterocycles. The Labute approximate surface area is 96.9 Å². The normalized spacial score (nSPS) is 11.8. The first-order valence-electron chi connectivity index (χ1n) is 5.71. The van der Waals surface area contributed by atoms with Crippen molar-refractivity contribution < 1.29 is 0 Å². The third-order valence-corrected chi connectivity index (χ3v) is 2.86. The summed E-state index contributed by atoms with van der Waals surface area (Å²) in [4.78, 5) is 0. The predicted octanol–water partition coefficient (Wildman–Crippen LogP) is 2.93. The minimum Gasteiger partial charge on any atom is -0.326 e. The third-order valence-electron chi connectivity index (χ3n) is 2.86. The summed E-state index contributed by atoms with van der Waals surface area (Å²) in [5.74, 6) is 0. The van der Waals surface area contributed by atoms with Crippen LogP contribution in [-0.2, 0) is 19.4 Å². The van der Waals surface area contributed by atoms with Gasteiger partial charge in [-0.2, -0.15) is 0 Å². The Morgan fingerprint density at radius 2 is 1.25 bits per heavy atom. The number of hydrogen-bond acceptors (Lipinski definition) is 1. The average Bonchev–Trinajstić information content (AvgIpc) is 2.33. The topological polar surface area (TPSA) is 26.0 Å². The number of benzene rings is 2. The van der Waals surface area contributed by atoms with Crippen LogP contribution in [0.25, 0.3) is 0 Å². The second-order valence-corrected chi connectivity index (χ2v) is 3.96. The molecule has 2 aromatic rings. The molecule has 3 rings (SSSR count). The highest BCUT2D eigenvalue weighted by Gasteiger charge is 2.09. The average molecular weight is 211 g/mol. The van der Waals surface area contributed by atoms with E-state index in [1.54, 1.807) is 11.1 Å². The van der Waals surface area contributed by atoms with Crippen LogP contribution in [-0.4, -0.2) is 0 Å². The monoisotopic (exact) mass is 211 g/mol. The molecule has 0 amide bonds. The van der Waals surface area contributed by atoms with E-state index in [1.807, 2.05) is 30.3 Å². The quantitative estimate of drug-likeness (QED) is 0.771. The predicted molar refractivity (Wildman–Crippen MR) is 68.2 cm³/mol. The van der Waals surface area contributed by atoms with Crippen molar-refractivity contribution in [2.75, 3.05) is 0 Å². The Hall–Kier alpha value is -1.60. The Kier molecular flexibility index (Phi) is 3.73. The molecule has 0 aliphatic heterocycles. The van der Waals surface area contributed by atoms with Crippen LogP contribution >= 0.6 is 0 Å². The molecule has 0 saturated carbocycles. The van der Waals surface area contributed by atoms with Crippen LogP contribution in [0, 0.1) is 0 Å². The van der Waals surface area contributed by atoms with E-state index in [0.717, 1.165) is 0 Å². The number of hydrogen-bond donors (Lipinski definition) is 1. The zero-order valence-electron chi connectivity index (χ0n) is 9.39. The minimum absolute atomic E-state index is 0.640. The first-order chi connectivity index (χ1) is 7.90. The Morgan fingerprint density at radius 3 is 1.56 bits per heavy atom. The van der Waals surface area contributed by atoms with Gasteiger partial charge in [0.05, 0.1) is 0 Å². The first-order valence-corrected chi connectivity index (χ1v) is 5.71. The van der Waals surface area contributed by atoms with Gasteiger partial charge in [0.2, 0.25) is 0 Å². The molecule has 0 atom stereocenters. The minimum atomic E-state index is 0.640. The van der Waals surface area contributed by atoms with Gasteiger partial charge in [0.25, 0.3) is 0 Å². The second kappa shape index (κ2) is 5.47. The molecule has 2 N–H and O–H groups in total. The molecule has 2 aromatic carbocycles. The van der Waals surface area contributed by atoms with E-state index < -0.39 is 0 Å². The zero-order valence-corrected chi connectivity index (χ0v) is 9.39. The van der Waals surface area contributed by atoms with Gasteiger partial charge >= 0.3 is 0 Å². The summed E-state index contributed by atoms with van der Waals surface area (Å²) in [6, 6.07) is 18.6. The van der Waals surface area contributed by atoms with E-state index in [2.05, 4.69) is 24.3 Å². The van der Waals surface area contributed by atoms with E-state index >= 15 is 0 Å². The molecule has 0 fully saturated rings. The fraction of sp³-hybridized carbons (Fsp3) is 0.200. The Balaban J connectivity index is 0.000000120. The third kappa shape index (κ3) is 2.71. The summed E-state index contributed by atoms with van der Waals surface area (Å²) >= 11 is 0. The van der Waals surface area contributed by atoms with Crippen molar-refractivity contribution >= 4 is 0 Å². The fourth-order valence-electron chi connectivity index (χ4n) is 1.75. The lowest BCUT2D eigenvalue weighted by atomic mass is 9.89. The van der Waals surface area contributed by atoms with Crippen molar-refractivity contribution in [3.63, 3.8) is 0 Å². The zero-order chi connectivity index (χ0) is 11.2. The summed E-state index contributed by atoms with van der Waals surface area (Å²) in [6.07, 6.45) is 2.60. The summed E-state index contributed by atoms with van der Waals surface area (Å²) in [7, 11) is 0. The highest BCUT2D eigenvalue weighted by Crippen LogP contribution is 2.20. The number of aryl methyl sites for hydroxylation is 2. The maximum atomic E-state index is 5.35. The molecule has 1 heteroatoms. The lowest BCUT2D eigenvalue weighted by molar-refractivity contribution is 0.839. The summed E-state index contributed by atoms with van der Waals surface area (Å²) in [5.41, 5.74) is 9.63. The first kappa shape index (κ1) is 10.9. The highest BCUT2D eigenvalue weighted by atomic mass is 14.5. The number of nitrogens with two attached hydrogens (primary N) is 1. The van der Waals surface area contributed by atoms with Crippen molar-refractivity contribution in [2.45, 2.75) is 19.4 Å². The van der Waals surface area contributed by atoms with E-state index in [-0.39, 0.29) is 0 Å². The maximum absolute atomic E-state index is 5.35. The van der Waals surface area contributed by atoms with Crippen LogP contribution in [0.2, 0.25) is 0 Å². The smallest absolute Gasteiger partial charge is 0.0178 e. The SMILES string of the molecule is NCc1ccccc1.c1ccc2c(c1)CC2.